The van der Waals surface area contributed by atoms with E-state index in [1.807, 2.05) is 11.3 Å². The van der Waals surface area contributed by atoms with E-state index in [9.17, 15) is 0 Å². The molecule has 0 amide bonds. The zero-order valence-electron chi connectivity index (χ0n) is 45.7. The number of hydrogen-bond donors (Lipinski definition) is 0. The summed E-state index contributed by atoms with van der Waals surface area (Å²) in [6.45, 7) is 0. The van der Waals surface area contributed by atoms with Gasteiger partial charge in [0, 0.05) is 53.7 Å². The van der Waals surface area contributed by atoms with Gasteiger partial charge in [-0.15, -0.1) is 11.3 Å². The Balaban J connectivity index is 0.830. The summed E-state index contributed by atoms with van der Waals surface area (Å²) in [4.78, 5) is 2.46. The van der Waals surface area contributed by atoms with Crippen molar-refractivity contribution in [3.8, 4) is 61.3 Å². The minimum absolute atomic E-state index is 0.435. The Morgan fingerprint density at radius 3 is 1.56 bits per heavy atom. The molecule has 0 bridgehead atoms. The number of rotatable bonds is 7. The third-order valence-corrected chi connectivity index (χ3v) is 19.6. The summed E-state index contributed by atoms with van der Waals surface area (Å²) >= 11 is 1.90. The summed E-state index contributed by atoms with van der Waals surface area (Å²) in [6.07, 6.45) is 0. The maximum absolute atomic E-state index is 2.50. The zero-order valence-corrected chi connectivity index (χ0v) is 46.5. The van der Waals surface area contributed by atoms with Crippen LogP contribution in [0.1, 0.15) is 22.3 Å². The van der Waals surface area contributed by atoms with Crippen LogP contribution in [0.2, 0.25) is 0 Å². The van der Waals surface area contributed by atoms with E-state index in [-0.39, 0.29) is 0 Å². The van der Waals surface area contributed by atoms with Gasteiger partial charge in [-0.3, -0.25) is 0 Å². The molecule has 0 fully saturated rings. The summed E-state index contributed by atoms with van der Waals surface area (Å²) in [6, 6.07) is 113. The first kappa shape index (κ1) is 47.1. The van der Waals surface area contributed by atoms with Crippen molar-refractivity contribution >= 4 is 91.9 Å². The molecule has 0 N–H and O–H groups in total. The van der Waals surface area contributed by atoms with Gasteiger partial charge in [0.25, 0.3) is 0 Å². The Labute approximate surface area is 490 Å². The van der Waals surface area contributed by atoms with Crippen LogP contribution in [0.5, 0.6) is 0 Å². The number of fused-ring (bicyclic) bond motifs is 20. The molecule has 16 aromatic rings. The van der Waals surface area contributed by atoms with Gasteiger partial charge in [0.15, 0.2) is 0 Å². The lowest BCUT2D eigenvalue weighted by Crippen LogP contribution is -2.25. The average Bonchev–Trinajstić information content (AvgIpc) is 1.75. The molecule has 2 aromatic heterocycles. The Bertz CT molecular complexity index is 5330. The molecule has 1 spiro atoms. The molecule has 2 heterocycles. The van der Waals surface area contributed by atoms with E-state index in [4.69, 9.17) is 0 Å². The van der Waals surface area contributed by atoms with Crippen molar-refractivity contribution in [2.45, 2.75) is 5.41 Å². The van der Waals surface area contributed by atoms with Gasteiger partial charge in [-0.2, -0.15) is 0 Å². The fourth-order valence-corrected chi connectivity index (χ4v) is 16.1. The molecule has 0 unspecified atom stereocenters. The second kappa shape index (κ2) is 18.2. The van der Waals surface area contributed by atoms with E-state index < -0.39 is 5.41 Å². The number of anilines is 3. The molecule has 0 aliphatic heterocycles. The quantitative estimate of drug-likeness (QED) is 0.154. The molecule has 0 atom stereocenters. The fraction of sp³-hybridized carbons (Fsp3) is 0.0123. The lowest BCUT2D eigenvalue weighted by atomic mass is 9.70. The molecule has 14 aromatic carbocycles. The zero-order chi connectivity index (χ0) is 55.0. The first-order valence-electron chi connectivity index (χ1n) is 29.1. The predicted octanol–water partition coefficient (Wildman–Crippen LogP) is 22.3. The molecular weight excluding hydrogens is 1030 g/mol. The van der Waals surface area contributed by atoms with Gasteiger partial charge in [0.1, 0.15) is 0 Å². The standard InChI is InChI=1S/C81H50N2S/c1-2-23-56(24-3-1)83-75-38-16-11-33-67(75)78-66-32-7-6-28-61(66)69(50-76(78)83)54-22-19-26-59(47-54)82(57-43-40-51(41-44-57)70-48-55-20-4-5-27-60(55)80-79(70)68-34-12-17-39-77(68)84-80)58-25-18-21-52(46-58)53-42-45-65-64-31-10-15-37-73(64)81(74(65)49-53)71-35-13-8-29-62(71)63-30-9-14-36-72(63)81/h1-50H. The lowest BCUT2D eigenvalue weighted by Gasteiger charge is -2.30. The van der Waals surface area contributed by atoms with Crippen molar-refractivity contribution in [3.63, 3.8) is 0 Å². The first-order chi connectivity index (χ1) is 41.7. The highest BCUT2D eigenvalue weighted by Crippen LogP contribution is 2.63. The maximum atomic E-state index is 2.50. The molecule has 2 nitrogen and oxygen atoms in total. The second-order valence-electron chi connectivity index (χ2n) is 22.6. The lowest BCUT2D eigenvalue weighted by molar-refractivity contribution is 0.794. The average molecular weight is 1080 g/mol. The van der Waals surface area contributed by atoms with Crippen molar-refractivity contribution in [2.24, 2.45) is 0 Å². The number of para-hydroxylation sites is 2. The van der Waals surface area contributed by atoms with Gasteiger partial charge in [-0.05, 0) is 178 Å². The smallest absolute Gasteiger partial charge is 0.0725 e. The number of nitrogens with zero attached hydrogens (tertiary/aromatic N) is 2. The molecule has 0 saturated heterocycles. The maximum Gasteiger partial charge on any atom is 0.0725 e. The Kier molecular flexibility index (Phi) is 10.2. The van der Waals surface area contributed by atoms with E-state index in [1.54, 1.807) is 0 Å². The monoisotopic (exact) mass is 1080 g/mol. The Morgan fingerprint density at radius 1 is 0.286 bits per heavy atom. The van der Waals surface area contributed by atoms with Crippen LogP contribution in [0, 0.1) is 0 Å². The third-order valence-electron chi connectivity index (χ3n) is 18.4. The van der Waals surface area contributed by atoms with Crippen LogP contribution in [-0.4, -0.2) is 4.57 Å². The highest BCUT2D eigenvalue weighted by atomic mass is 32.1. The number of hydrogen-bond acceptors (Lipinski definition) is 2. The first-order valence-corrected chi connectivity index (χ1v) is 29.9. The number of thiophene rings is 1. The van der Waals surface area contributed by atoms with Crippen molar-refractivity contribution in [1.29, 1.82) is 0 Å². The van der Waals surface area contributed by atoms with Gasteiger partial charge in [0.05, 0.1) is 16.4 Å². The third kappa shape index (κ3) is 6.73. The largest absolute Gasteiger partial charge is 0.310 e. The van der Waals surface area contributed by atoms with Crippen LogP contribution in [0.3, 0.4) is 0 Å². The van der Waals surface area contributed by atoms with E-state index in [0.29, 0.717) is 0 Å². The summed E-state index contributed by atoms with van der Waals surface area (Å²) in [5, 5.41) is 10.2. The van der Waals surface area contributed by atoms with Gasteiger partial charge in [-0.1, -0.05) is 224 Å². The summed E-state index contributed by atoms with van der Waals surface area (Å²) in [5.41, 5.74) is 24.1. The molecule has 390 valence electrons. The Hall–Kier alpha value is -10.6. The van der Waals surface area contributed by atoms with Crippen LogP contribution < -0.4 is 4.90 Å². The topological polar surface area (TPSA) is 8.17 Å². The molecular formula is C81H50N2S. The fourth-order valence-electron chi connectivity index (χ4n) is 14.9. The van der Waals surface area contributed by atoms with Gasteiger partial charge in [0.2, 0.25) is 0 Å². The molecule has 18 rings (SSSR count). The van der Waals surface area contributed by atoms with Crippen molar-refractivity contribution in [1.82, 2.24) is 4.57 Å². The van der Waals surface area contributed by atoms with Gasteiger partial charge >= 0.3 is 0 Å². The molecule has 2 aliphatic carbocycles. The van der Waals surface area contributed by atoms with Crippen LogP contribution in [0.15, 0.2) is 303 Å². The number of benzene rings is 14. The summed E-state index contributed by atoms with van der Waals surface area (Å²) < 4.78 is 5.08. The van der Waals surface area contributed by atoms with E-state index in [0.717, 1.165) is 33.9 Å². The highest BCUT2D eigenvalue weighted by Gasteiger charge is 2.51. The predicted molar refractivity (Wildman–Crippen MR) is 356 cm³/mol. The molecule has 0 radical (unpaired) electrons. The Morgan fingerprint density at radius 2 is 0.833 bits per heavy atom. The van der Waals surface area contributed by atoms with E-state index in [2.05, 4.69) is 313 Å². The summed E-state index contributed by atoms with van der Waals surface area (Å²) in [7, 11) is 0. The van der Waals surface area contributed by atoms with Crippen LogP contribution >= 0.6 is 11.3 Å². The SMILES string of the molecule is c1ccc(-n2c3ccccc3c3c4ccccc4c(-c4cccc(N(c5ccc(-c6cc7ccccc7c7sc8ccccc8c67)cc5)c5cccc(-c6ccc7c(c6)C6(c8ccccc8-c8ccccc86)c6ccccc6-7)c5)c4)cc32)cc1. The minimum atomic E-state index is -0.435. The van der Waals surface area contributed by atoms with Crippen LogP contribution in [0.4, 0.5) is 17.1 Å². The van der Waals surface area contributed by atoms with Crippen molar-refractivity contribution in [2.75, 3.05) is 4.90 Å². The van der Waals surface area contributed by atoms with E-state index >= 15 is 0 Å². The van der Waals surface area contributed by atoms with E-state index in [1.165, 1.54) is 130 Å². The molecule has 3 heteroatoms. The highest BCUT2D eigenvalue weighted by molar-refractivity contribution is 7.26. The van der Waals surface area contributed by atoms with Crippen LogP contribution in [-0.2, 0) is 5.41 Å². The number of aromatic nitrogens is 1. The molecule has 0 saturated carbocycles. The molecule has 2 aliphatic rings. The second-order valence-corrected chi connectivity index (χ2v) is 23.7. The van der Waals surface area contributed by atoms with Crippen molar-refractivity contribution < 1.29 is 0 Å². The summed E-state index contributed by atoms with van der Waals surface area (Å²) in [5.74, 6) is 0. The normalized spacial score (nSPS) is 12.9. The molecule has 84 heavy (non-hydrogen) atoms. The van der Waals surface area contributed by atoms with Crippen LogP contribution in [0.25, 0.3) is 125 Å². The van der Waals surface area contributed by atoms with Crippen molar-refractivity contribution in [3.05, 3.63) is 326 Å². The van der Waals surface area contributed by atoms with Gasteiger partial charge < -0.3 is 9.47 Å². The van der Waals surface area contributed by atoms with Gasteiger partial charge in [-0.25, -0.2) is 0 Å². The minimum Gasteiger partial charge on any atom is -0.310 e.